The zero-order valence-corrected chi connectivity index (χ0v) is 17.2. The SMILES string of the molecule is Cc1cccc(C(=O)N2CCCCC2c2cn3nc(N4CCC(N)C4)ccc3n2)n1. The van der Waals surface area contributed by atoms with Gasteiger partial charge in [-0.2, -0.15) is 0 Å². The fraction of sp³-hybridized carbons (Fsp3) is 0.455. The number of aryl methyl sites for hydroxylation is 1. The van der Waals surface area contributed by atoms with Crippen molar-refractivity contribution in [2.45, 2.75) is 44.7 Å². The molecule has 0 aliphatic carbocycles. The van der Waals surface area contributed by atoms with Gasteiger partial charge in [-0.1, -0.05) is 6.07 Å². The van der Waals surface area contributed by atoms with Crippen LogP contribution in [-0.2, 0) is 0 Å². The summed E-state index contributed by atoms with van der Waals surface area (Å²) in [6.45, 7) is 4.38. The molecule has 30 heavy (non-hydrogen) atoms. The average Bonchev–Trinajstić information content (AvgIpc) is 3.38. The maximum absolute atomic E-state index is 13.2. The Bertz CT molecular complexity index is 1080. The summed E-state index contributed by atoms with van der Waals surface area (Å²) in [4.78, 5) is 26.6. The van der Waals surface area contributed by atoms with Gasteiger partial charge in [0.15, 0.2) is 5.65 Å². The zero-order valence-electron chi connectivity index (χ0n) is 17.2. The van der Waals surface area contributed by atoms with Crippen LogP contribution in [0, 0.1) is 6.92 Å². The summed E-state index contributed by atoms with van der Waals surface area (Å²) < 4.78 is 1.83. The number of rotatable bonds is 3. The Morgan fingerprint density at radius 2 is 2.00 bits per heavy atom. The van der Waals surface area contributed by atoms with Crippen LogP contribution in [-0.4, -0.2) is 56.1 Å². The highest BCUT2D eigenvalue weighted by Gasteiger charge is 2.31. The molecule has 3 aromatic rings. The highest BCUT2D eigenvalue weighted by molar-refractivity contribution is 5.92. The van der Waals surface area contributed by atoms with Crippen molar-refractivity contribution in [2.75, 3.05) is 24.5 Å². The van der Waals surface area contributed by atoms with E-state index in [1.54, 1.807) is 6.07 Å². The molecule has 0 saturated carbocycles. The number of aromatic nitrogens is 4. The number of anilines is 1. The van der Waals surface area contributed by atoms with Crippen LogP contribution in [0.15, 0.2) is 36.5 Å². The lowest BCUT2D eigenvalue weighted by atomic mass is 9.99. The van der Waals surface area contributed by atoms with Crippen LogP contribution in [0.2, 0.25) is 0 Å². The lowest BCUT2D eigenvalue weighted by Gasteiger charge is -2.34. The number of carbonyl (C=O) groups is 1. The highest BCUT2D eigenvalue weighted by atomic mass is 16.2. The molecule has 2 aliphatic rings. The van der Waals surface area contributed by atoms with E-state index in [9.17, 15) is 4.79 Å². The zero-order chi connectivity index (χ0) is 20.7. The molecule has 2 aliphatic heterocycles. The van der Waals surface area contributed by atoms with Gasteiger partial charge >= 0.3 is 0 Å². The van der Waals surface area contributed by atoms with Crippen molar-refractivity contribution in [2.24, 2.45) is 5.73 Å². The maximum Gasteiger partial charge on any atom is 0.273 e. The van der Waals surface area contributed by atoms with Gasteiger partial charge in [-0.25, -0.2) is 14.5 Å². The van der Waals surface area contributed by atoms with Gasteiger partial charge in [-0.05, 0) is 56.9 Å². The topological polar surface area (TPSA) is 92.7 Å². The molecule has 0 bridgehead atoms. The summed E-state index contributed by atoms with van der Waals surface area (Å²) in [6.07, 6.45) is 5.93. The second kappa shape index (κ2) is 7.68. The van der Waals surface area contributed by atoms with Gasteiger partial charge in [-0.15, -0.1) is 5.10 Å². The summed E-state index contributed by atoms with van der Waals surface area (Å²) in [6, 6.07) is 9.73. The van der Waals surface area contributed by atoms with Crippen molar-refractivity contribution in [3.63, 3.8) is 0 Å². The first-order valence-corrected chi connectivity index (χ1v) is 10.7. The second-order valence-electron chi connectivity index (χ2n) is 8.33. The Balaban J connectivity index is 1.44. The maximum atomic E-state index is 13.2. The number of carbonyl (C=O) groups excluding carboxylic acids is 1. The lowest BCUT2D eigenvalue weighted by molar-refractivity contribution is 0.0600. The van der Waals surface area contributed by atoms with E-state index in [2.05, 4.69) is 9.88 Å². The summed E-state index contributed by atoms with van der Waals surface area (Å²) in [5, 5.41) is 4.76. The van der Waals surface area contributed by atoms with Crippen LogP contribution in [0.5, 0.6) is 0 Å². The Morgan fingerprint density at radius 1 is 1.10 bits per heavy atom. The quantitative estimate of drug-likeness (QED) is 0.719. The molecule has 0 radical (unpaired) electrons. The van der Waals surface area contributed by atoms with Crippen LogP contribution in [0.4, 0.5) is 5.82 Å². The van der Waals surface area contributed by atoms with Crippen LogP contribution in [0.3, 0.4) is 0 Å². The molecule has 8 nitrogen and oxygen atoms in total. The molecule has 5 rings (SSSR count). The van der Waals surface area contributed by atoms with Crippen LogP contribution < -0.4 is 10.6 Å². The molecular formula is C22H27N7O. The molecule has 3 aromatic heterocycles. The van der Waals surface area contributed by atoms with E-state index in [0.717, 1.165) is 68.2 Å². The van der Waals surface area contributed by atoms with Crippen molar-refractivity contribution in [1.29, 1.82) is 0 Å². The number of imidazole rings is 1. The van der Waals surface area contributed by atoms with Gasteiger partial charge in [0.2, 0.25) is 0 Å². The number of likely N-dealkylation sites (tertiary alicyclic amines) is 1. The Morgan fingerprint density at radius 3 is 2.80 bits per heavy atom. The first kappa shape index (κ1) is 19.0. The van der Waals surface area contributed by atoms with E-state index in [-0.39, 0.29) is 18.0 Å². The van der Waals surface area contributed by atoms with E-state index in [1.807, 2.05) is 46.8 Å². The molecule has 156 valence electrons. The first-order valence-electron chi connectivity index (χ1n) is 10.7. The lowest BCUT2D eigenvalue weighted by Crippen LogP contribution is -2.39. The normalized spacial score (nSPS) is 22.1. The molecule has 2 saturated heterocycles. The molecular weight excluding hydrogens is 378 g/mol. The first-order chi connectivity index (χ1) is 14.6. The third-order valence-electron chi connectivity index (χ3n) is 6.09. The Hall–Kier alpha value is -3.00. The number of nitrogens with two attached hydrogens (primary N) is 1. The summed E-state index contributed by atoms with van der Waals surface area (Å²) in [5.74, 6) is 0.889. The molecule has 0 aromatic carbocycles. The van der Waals surface area contributed by atoms with Gasteiger partial charge in [-0.3, -0.25) is 4.79 Å². The fourth-order valence-corrected chi connectivity index (χ4v) is 4.51. The molecule has 2 fully saturated rings. The monoisotopic (exact) mass is 405 g/mol. The number of hydrogen-bond acceptors (Lipinski definition) is 6. The third kappa shape index (κ3) is 3.52. The number of nitrogens with zero attached hydrogens (tertiary/aromatic N) is 6. The molecule has 2 N–H and O–H groups in total. The van der Waals surface area contributed by atoms with E-state index in [4.69, 9.17) is 15.8 Å². The Labute approximate surface area is 175 Å². The predicted octanol–water partition coefficient (Wildman–Crippen LogP) is 2.34. The summed E-state index contributed by atoms with van der Waals surface area (Å²) in [7, 11) is 0. The predicted molar refractivity (Wildman–Crippen MR) is 114 cm³/mol. The number of pyridine rings is 1. The number of amides is 1. The van der Waals surface area contributed by atoms with E-state index < -0.39 is 0 Å². The minimum Gasteiger partial charge on any atom is -0.354 e. The molecule has 5 heterocycles. The van der Waals surface area contributed by atoms with Crippen LogP contribution in [0.25, 0.3) is 5.65 Å². The molecule has 1 amide bonds. The van der Waals surface area contributed by atoms with Gasteiger partial charge in [0, 0.05) is 31.4 Å². The largest absolute Gasteiger partial charge is 0.354 e. The van der Waals surface area contributed by atoms with Gasteiger partial charge in [0.05, 0.1) is 17.9 Å². The number of fused-ring (bicyclic) bond motifs is 1. The van der Waals surface area contributed by atoms with Crippen LogP contribution >= 0.6 is 0 Å². The van der Waals surface area contributed by atoms with E-state index in [1.165, 1.54) is 0 Å². The molecule has 8 heteroatoms. The van der Waals surface area contributed by atoms with Crippen LogP contribution in [0.1, 0.15) is 53.6 Å². The number of piperidine rings is 1. The average molecular weight is 406 g/mol. The fourth-order valence-electron chi connectivity index (χ4n) is 4.51. The van der Waals surface area contributed by atoms with Crippen molar-refractivity contribution in [1.82, 2.24) is 24.5 Å². The number of hydrogen-bond donors (Lipinski definition) is 1. The van der Waals surface area contributed by atoms with Gasteiger partial charge < -0.3 is 15.5 Å². The Kier molecular flexibility index (Phi) is 4.86. The van der Waals surface area contributed by atoms with Gasteiger partial charge in [0.1, 0.15) is 11.5 Å². The molecule has 2 atom stereocenters. The minimum absolute atomic E-state index is 0.0276. The molecule has 2 unspecified atom stereocenters. The van der Waals surface area contributed by atoms with Crippen molar-refractivity contribution in [3.8, 4) is 0 Å². The van der Waals surface area contributed by atoms with E-state index in [0.29, 0.717) is 5.69 Å². The van der Waals surface area contributed by atoms with Gasteiger partial charge in [0.25, 0.3) is 5.91 Å². The second-order valence-corrected chi connectivity index (χ2v) is 8.33. The van der Waals surface area contributed by atoms with E-state index >= 15 is 0 Å². The van der Waals surface area contributed by atoms with Crippen molar-refractivity contribution < 1.29 is 4.79 Å². The summed E-state index contributed by atoms with van der Waals surface area (Å²) in [5.41, 5.74) is 9.07. The molecule has 0 spiro atoms. The standard InChI is InChI=1S/C22H27N7O/c1-15-5-4-6-17(24-15)22(30)28-11-3-2-7-19(28)18-14-29-20(25-18)8-9-21(26-29)27-12-10-16(23)13-27/h4-6,8-9,14,16,19H,2-3,7,10-13,23H2,1H3. The minimum atomic E-state index is -0.0566. The third-order valence-corrected chi connectivity index (χ3v) is 6.09. The van der Waals surface area contributed by atoms with Crippen molar-refractivity contribution in [3.05, 3.63) is 53.6 Å². The highest BCUT2D eigenvalue weighted by Crippen LogP contribution is 2.32. The summed E-state index contributed by atoms with van der Waals surface area (Å²) >= 11 is 0. The van der Waals surface area contributed by atoms with Crippen molar-refractivity contribution >= 4 is 17.4 Å². The smallest absolute Gasteiger partial charge is 0.273 e.